The number of nitrogens with two attached hydrogens (primary N) is 1. The van der Waals surface area contributed by atoms with Crippen molar-refractivity contribution >= 4 is 11.8 Å². The fourth-order valence-corrected chi connectivity index (χ4v) is 2.68. The van der Waals surface area contributed by atoms with Crippen LogP contribution in [0.4, 0.5) is 0 Å². The first kappa shape index (κ1) is 16.2. The quantitative estimate of drug-likeness (QED) is 0.804. The smallest absolute Gasteiger partial charge is 0.271 e. The first-order valence-corrected chi connectivity index (χ1v) is 8.05. The van der Waals surface area contributed by atoms with Crippen molar-refractivity contribution in [2.45, 2.75) is 39.3 Å². The highest BCUT2D eigenvalue weighted by atomic mass is 16.2. The fraction of sp³-hybridized carbons (Fsp3) is 0.533. The van der Waals surface area contributed by atoms with Crippen molar-refractivity contribution < 1.29 is 9.59 Å². The molecule has 9 nitrogen and oxygen atoms in total. The predicted molar refractivity (Wildman–Crippen MR) is 86.0 cm³/mol. The highest BCUT2D eigenvalue weighted by Gasteiger charge is 2.26. The van der Waals surface area contributed by atoms with Crippen molar-refractivity contribution in [3.05, 3.63) is 17.6 Å². The molecule has 2 aromatic rings. The topological polar surface area (TPSA) is 112 Å². The molecule has 0 aromatic carbocycles. The van der Waals surface area contributed by atoms with Crippen LogP contribution in [-0.4, -0.2) is 54.9 Å². The van der Waals surface area contributed by atoms with E-state index in [1.807, 2.05) is 0 Å². The van der Waals surface area contributed by atoms with Crippen LogP contribution in [0.1, 0.15) is 36.1 Å². The molecule has 2 aromatic heterocycles. The van der Waals surface area contributed by atoms with Crippen molar-refractivity contribution in [1.29, 1.82) is 0 Å². The number of amides is 2. The van der Waals surface area contributed by atoms with Crippen molar-refractivity contribution in [3.8, 4) is 11.5 Å². The Morgan fingerprint density at radius 2 is 2.12 bits per heavy atom. The SMILES string of the molecule is CCCCn1nc(CC(N)=O)nc1-c1cc2n(n1)CCN(C)C2=O. The summed E-state index contributed by atoms with van der Waals surface area (Å²) in [5.74, 6) is 0.409. The molecule has 0 bridgehead atoms. The number of nitrogens with zero attached hydrogens (tertiary/aromatic N) is 6. The number of hydrogen-bond donors (Lipinski definition) is 1. The molecule has 128 valence electrons. The van der Waals surface area contributed by atoms with E-state index in [0.29, 0.717) is 42.7 Å². The molecule has 1 aliphatic rings. The molecular weight excluding hydrogens is 310 g/mol. The van der Waals surface area contributed by atoms with Gasteiger partial charge in [-0.25, -0.2) is 9.67 Å². The zero-order chi connectivity index (χ0) is 17.3. The van der Waals surface area contributed by atoms with Crippen LogP contribution in [-0.2, 0) is 24.3 Å². The van der Waals surface area contributed by atoms with E-state index < -0.39 is 5.91 Å². The number of hydrogen-bond acceptors (Lipinski definition) is 5. The van der Waals surface area contributed by atoms with Crippen molar-refractivity contribution in [3.63, 3.8) is 0 Å². The number of carbonyl (C=O) groups is 2. The first-order valence-electron chi connectivity index (χ1n) is 8.05. The Hall–Kier alpha value is -2.71. The number of rotatable bonds is 6. The highest BCUT2D eigenvalue weighted by molar-refractivity contribution is 5.94. The Bertz CT molecular complexity index is 777. The minimum absolute atomic E-state index is 0.0125. The summed E-state index contributed by atoms with van der Waals surface area (Å²) in [5, 5.41) is 8.86. The largest absolute Gasteiger partial charge is 0.369 e. The molecule has 2 amide bonds. The van der Waals surface area contributed by atoms with Gasteiger partial charge in [0, 0.05) is 26.2 Å². The van der Waals surface area contributed by atoms with Gasteiger partial charge in [-0.1, -0.05) is 13.3 Å². The average Bonchev–Trinajstić information content (AvgIpc) is 3.12. The normalized spacial score (nSPS) is 14.1. The molecular formula is C15H21N7O2. The molecule has 0 saturated heterocycles. The van der Waals surface area contributed by atoms with Gasteiger partial charge in [-0.3, -0.25) is 14.3 Å². The maximum absolute atomic E-state index is 12.2. The first-order chi connectivity index (χ1) is 11.5. The van der Waals surface area contributed by atoms with Gasteiger partial charge in [0.15, 0.2) is 11.6 Å². The molecule has 0 spiro atoms. The molecule has 2 N–H and O–H groups in total. The Balaban J connectivity index is 1.98. The van der Waals surface area contributed by atoms with Gasteiger partial charge in [0.05, 0.1) is 13.0 Å². The van der Waals surface area contributed by atoms with Gasteiger partial charge in [-0.05, 0) is 6.42 Å². The maximum Gasteiger partial charge on any atom is 0.271 e. The minimum Gasteiger partial charge on any atom is -0.369 e. The van der Waals surface area contributed by atoms with E-state index in [1.165, 1.54) is 0 Å². The van der Waals surface area contributed by atoms with Crippen LogP contribution in [0.15, 0.2) is 6.07 Å². The molecule has 0 radical (unpaired) electrons. The molecule has 3 heterocycles. The number of carbonyl (C=O) groups excluding carboxylic acids is 2. The summed E-state index contributed by atoms with van der Waals surface area (Å²) >= 11 is 0. The maximum atomic E-state index is 12.2. The van der Waals surface area contributed by atoms with Crippen LogP contribution in [0.2, 0.25) is 0 Å². The monoisotopic (exact) mass is 331 g/mol. The Labute approximate surface area is 139 Å². The zero-order valence-corrected chi connectivity index (χ0v) is 13.9. The Morgan fingerprint density at radius 1 is 1.33 bits per heavy atom. The Morgan fingerprint density at radius 3 is 2.83 bits per heavy atom. The summed E-state index contributed by atoms with van der Waals surface area (Å²) in [7, 11) is 1.77. The van der Waals surface area contributed by atoms with Crippen molar-refractivity contribution in [1.82, 2.24) is 29.4 Å². The van der Waals surface area contributed by atoms with Gasteiger partial charge < -0.3 is 10.6 Å². The number of aryl methyl sites for hydroxylation is 1. The molecule has 0 unspecified atom stereocenters. The summed E-state index contributed by atoms with van der Waals surface area (Å²) < 4.78 is 3.44. The lowest BCUT2D eigenvalue weighted by Gasteiger charge is -2.22. The lowest BCUT2D eigenvalue weighted by molar-refractivity contribution is -0.117. The summed E-state index contributed by atoms with van der Waals surface area (Å²) in [5.41, 5.74) is 6.37. The molecule has 24 heavy (non-hydrogen) atoms. The lowest BCUT2D eigenvalue weighted by Crippen LogP contribution is -2.37. The van der Waals surface area contributed by atoms with E-state index >= 15 is 0 Å². The van der Waals surface area contributed by atoms with E-state index in [1.54, 1.807) is 27.4 Å². The highest BCUT2D eigenvalue weighted by Crippen LogP contribution is 2.21. The van der Waals surface area contributed by atoms with E-state index in [-0.39, 0.29) is 12.3 Å². The van der Waals surface area contributed by atoms with Crippen LogP contribution >= 0.6 is 0 Å². The fourth-order valence-electron chi connectivity index (χ4n) is 2.68. The summed E-state index contributed by atoms with van der Waals surface area (Å²) in [6.45, 7) is 4.04. The van der Waals surface area contributed by atoms with Gasteiger partial charge >= 0.3 is 0 Å². The minimum atomic E-state index is -0.477. The van der Waals surface area contributed by atoms with E-state index in [9.17, 15) is 9.59 Å². The second-order valence-corrected chi connectivity index (χ2v) is 5.94. The number of primary amides is 1. The molecule has 0 saturated carbocycles. The molecule has 0 atom stereocenters. The summed E-state index contributed by atoms with van der Waals surface area (Å²) in [6.07, 6.45) is 1.93. The zero-order valence-electron chi connectivity index (χ0n) is 13.9. The molecule has 0 fully saturated rings. The lowest BCUT2D eigenvalue weighted by atomic mass is 10.2. The number of aromatic nitrogens is 5. The molecule has 3 rings (SSSR count). The van der Waals surface area contributed by atoms with Crippen molar-refractivity contribution in [2.75, 3.05) is 13.6 Å². The van der Waals surface area contributed by atoms with Gasteiger partial charge in [-0.2, -0.15) is 10.2 Å². The van der Waals surface area contributed by atoms with E-state index in [2.05, 4.69) is 22.1 Å². The standard InChI is InChI=1S/C15H21N7O2/c1-3-4-5-22-14(17-13(19-22)9-12(16)23)10-8-11-15(24)20(2)6-7-21(11)18-10/h8H,3-7,9H2,1-2H3,(H2,16,23). The van der Waals surface area contributed by atoms with Crippen molar-refractivity contribution in [2.24, 2.45) is 5.73 Å². The third-order valence-corrected chi connectivity index (χ3v) is 3.99. The van der Waals surface area contributed by atoms with E-state index in [0.717, 1.165) is 12.8 Å². The van der Waals surface area contributed by atoms with Crippen LogP contribution in [0.3, 0.4) is 0 Å². The molecule has 0 aliphatic carbocycles. The van der Waals surface area contributed by atoms with Gasteiger partial charge in [0.2, 0.25) is 5.91 Å². The molecule has 1 aliphatic heterocycles. The third kappa shape index (κ3) is 3.01. The second-order valence-electron chi connectivity index (χ2n) is 5.94. The average molecular weight is 331 g/mol. The van der Waals surface area contributed by atoms with Gasteiger partial charge in [-0.15, -0.1) is 0 Å². The third-order valence-electron chi connectivity index (χ3n) is 3.99. The van der Waals surface area contributed by atoms with Gasteiger partial charge in [0.1, 0.15) is 11.4 Å². The van der Waals surface area contributed by atoms with Crippen LogP contribution in [0.25, 0.3) is 11.5 Å². The number of likely N-dealkylation sites (N-methyl/N-ethyl adjacent to an activating group) is 1. The summed E-state index contributed by atoms with van der Waals surface area (Å²) in [6, 6.07) is 1.73. The Kier molecular flexibility index (Phi) is 4.32. The molecule has 9 heteroatoms. The second kappa shape index (κ2) is 6.42. The van der Waals surface area contributed by atoms with Crippen LogP contribution < -0.4 is 5.73 Å². The number of unbranched alkanes of at least 4 members (excludes halogenated alkanes) is 1. The number of fused-ring (bicyclic) bond motifs is 1. The summed E-state index contributed by atoms with van der Waals surface area (Å²) in [4.78, 5) is 29.5. The van der Waals surface area contributed by atoms with Crippen LogP contribution in [0.5, 0.6) is 0 Å². The predicted octanol–water partition coefficient (Wildman–Crippen LogP) is 0.0551. The van der Waals surface area contributed by atoms with Crippen LogP contribution in [0, 0.1) is 0 Å². The van der Waals surface area contributed by atoms with Gasteiger partial charge in [0.25, 0.3) is 5.91 Å². The van der Waals surface area contributed by atoms with E-state index in [4.69, 9.17) is 5.73 Å².